The van der Waals surface area contributed by atoms with Crippen LogP contribution >= 0.6 is 0 Å². The van der Waals surface area contributed by atoms with E-state index in [0.29, 0.717) is 5.95 Å². The van der Waals surface area contributed by atoms with Crippen LogP contribution in [0.3, 0.4) is 0 Å². The van der Waals surface area contributed by atoms with E-state index in [9.17, 15) is 0 Å². The molecule has 23 heavy (non-hydrogen) atoms. The molecule has 0 amide bonds. The average molecular weight is 312 g/mol. The molecule has 1 N–H and O–H groups in total. The van der Waals surface area contributed by atoms with E-state index in [0.717, 1.165) is 42.0 Å². The summed E-state index contributed by atoms with van der Waals surface area (Å²) >= 11 is 0. The van der Waals surface area contributed by atoms with E-state index in [1.54, 1.807) is 7.11 Å². The van der Waals surface area contributed by atoms with Gasteiger partial charge in [-0.3, -0.25) is 0 Å². The van der Waals surface area contributed by atoms with Gasteiger partial charge in [0.1, 0.15) is 11.6 Å². The van der Waals surface area contributed by atoms with Crippen molar-refractivity contribution in [2.45, 2.75) is 26.7 Å². The fourth-order valence-electron chi connectivity index (χ4n) is 2.97. The lowest BCUT2D eigenvalue weighted by molar-refractivity contribution is 0.415. The highest BCUT2D eigenvalue weighted by Gasteiger charge is 2.18. The Hall–Kier alpha value is -2.30. The Bertz CT molecular complexity index is 657. The fourth-order valence-corrected chi connectivity index (χ4v) is 2.97. The zero-order valence-electron chi connectivity index (χ0n) is 14.0. The van der Waals surface area contributed by atoms with Gasteiger partial charge in [-0.25, -0.2) is 4.98 Å². The molecule has 1 fully saturated rings. The maximum absolute atomic E-state index is 5.18. The van der Waals surface area contributed by atoms with E-state index in [1.165, 1.54) is 12.8 Å². The Kier molecular flexibility index (Phi) is 4.65. The fraction of sp³-hybridized carbons (Fsp3) is 0.444. The molecule has 1 aromatic carbocycles. The van der Waals surface area contributed by atoms with Crippen molar-refractivity contribution in [3.05, 3.63) is 36.0 Å². The third kappa shape index (κ3) is 3.92. The van der Waals surface area contributed by atoms with E-state index in [-0.39, 0.29) is 0 Å². The summed E-state index contributed by atoms with van der Waals surface area (Å²) in [4.78, 5) is 11.6. The lowest BCUT2D eigenvalue weighted by Crippen LogP contribution is -2.35. The number of methoxy groups -OCH3 is 1. The summed E-state index contributed by atoms with van der Waals surface area (Å²) in [5.41, 5.74) is 1.93. The number of hydrogen-bond donors (Lipinski definition) is 1. The van der Waals surface area contributed by atoms with Crippen LogP contribution in [0.1, 0.15) is 25.5 Å². The first kappa shape index (κ1) is 15.6. The average Bonchev–Trinajstić information content (AvgIpc) is 2.55. The summed E-state index contributed by atoms with van der Waals surface area (Å²) in [6.07, 6.45) is 2.53. The van der Waals surface area contributed by atoms with Crippen LogP contribution in [0.4, 0.5) is 17.5 Å². The molecular formula is C18H24N4O. The van der Waals surface area contributed by atoms with Gasteiger partial charge >= 0.3 is 0 Å². The minimum absolute atomic E-state index is 0.642. The van der Waals surface area contributed by atoms with Crippen molar-refractivity contribution in [1.29, 1.82) is 0 Å². The Morgan fingerprint density at radius 3 is 2.70 bits per heavy atom. The molecule has 3 rings (SSSR count). The lowest BCUT2D eigenvalue weighted by Gasteiger charge is -2.32. The first-order valence-corrected chi connectivity index (χ1v) is 8.16. The number of ether oxygens (including phenoxy) is 1. The van der Waals surface area contributed by atoms with E-state index in [2.05, 4.69) is 28.2 Å². The van der Waals surface area contributed by atoms with Crippen molar-refractivity contribution in [3.63, 3.8) is 0 Å². The molecule has 0 saturated carbocycles. The van der Waals surface area contributed by atoms with Gasteiger partial charge in [-0.2, -0.15) is 4.98 Å². The molecule has 0 aliphatic carbocycles. The molecule has 1 aliphatic rings. The number of piperidine rings is 1. The Labute approximate surface area is 137 Å². The van der Waals surface area contributed by atoms with Crippen molar-refractivity contribution in [3.8, 4) is 5.75 Å². The van der Waals surface area contributed by atoms with Crippen molar-refractivity contribution in [2.24, 2.45) is 5.92 Å². The highest BCUT2D eigenvalue weighted by Crippen LogP contribution is 2.24. The number of aryl methyl sites for hydroxylation is 1. The number of hydrogen-bond acceptors (Lipinski definition) is 5. The van der Waals surface area contributed by atoms with E-state index in [4.69, 9.17) is 9.72 Å². The van der Waals surface area contributed by atoms with Gasteiger partial charge in [0.25, 0.3) is 0 Å². The summed E-state index contributed by atoms with van der Waals surface area (Å²) in [5, 5.41) is 3.28. The maximum atomic E-state index is 5.18. The number of nitrogens with zero attached hydrogens (tertiary/aromatic N) is 3. The second-order valence-corrected chi connectivity index (χ2v) is 6.24. The molecule has 1 saturated heterocycles. The van der Waals surface area contributed by atoms with Crippen LogP contribution in [-0.4, -0.2) is 30.2 Å². The molecule has 5 nitrogen and oxygen atoms in total. The zero-order valence-corrected chi connectivity index (χ0v) is 14.0. The van der Waals surface area contributed by atoms with E-state index in [1.807, 2.05) is 31.2 Å². The van der Waals surface area contributed by atoms with Gasteiger partial charge in [-0.1, -0.05) is 6.92 Å². The highest BCUT2D eigenvalue weighted by atomic mass is 16.5. The van der Waals surface area contributed by atoms with Crippen molar-refractivity contribution in [1.82, 2.24) is 9.97 Å². The zero-order chi connectivity index (χ0) is 16.2. The highest BCUT2D eigenvalue weighted by molar-refractivity contribution is 5.56. The van der Waals surface area contributed by atoms with Crippen molar-refractivity contribution >= 4 is 17.5 Å². The van der Waals surface area contributed by atoms with Crippen LogP contribution in [0.2, 0.25) is 0 Å². The minimum Gasteiger partial charge on any atom is -0.497 e. The van der Waals surface area contributed by atoms with E-state index >= 15 is 0 Å². The van der Waals surface area contributed by atoms with Crippen LogP contribution in [0.25, 0.3) is 0 Å². The normalized spacial score (nSPS) is 17.9. The van der Waals surface area contributed by atoms with Gasteiger partial charge in [0, 0.05) is 30.5 Å². The molecule has 5 heteroatoms. The first-order valence-electron chi connectivity index (χ1n) is 8.16. The molecule has 0 spiro atoms. The third-order valence-corrected chi connectivity index (χ3v) is 4.17. The van der Waals surface area contributed by atoms with Crippen molar-refractivity contribution < 1.29 is 4.74 Å². The standard InChI is InChI=1S/C18H24N4O/c1-13-5-4-10-22(12-13)17-11-14(2)19-18(21-17)20-15-6-8-16(23-3)9-7-15/h6-9,11,13H,4-5,10,12H2,1-3H3,(H,19,20,21). The second-order valence-electron chi connectivity index (χ2n) is 6.24. The molecule has 2 heterocycles. The molecule has 1 unspecified atom stereocenters. The topological polar surface area (TPSA) is 50.3 Å². The van der Waals surface area contributed by atoms with E-state index < -0.39 is 0 Å². The van der Waals surface area contributed by atoms with Gasteiger partial charge < -0.3 is 15.0 Å². The number of nitrogens with one attached hydrogen (secondary N) is 1. The predicted octanol–water partition coefficient (Wildman–Crippen LogP) is 3.77. The Balaban J connectivity index is 1.79. The molecule has 1 aromatic heterocycles. The summed E-state index contributed by atoms with van der Waals surface area (Å²) in [5.74, 6) is 3.21. The molecule has 0 bridgehead atoms. The van der Waals surface area contributed by atoms with Gasteiger partial charge in [-0.15, -0.1) is 0 Å². The molecule has 1 aliphatic heterocycles. The smallest absolute Gasteiger partial charge is 0.229 e. The molecule has 2 aromatic rings. The molecule has 122 valence electrons. The summed E-state index contributed by atoms with van der Waals surface area (Å²) < 4.78 is 5.18. The first-order chi connectivity index (χ1) is 11.1. The van der Waals surface area contributed by atoms with Crippen LogP contribution < -0.4 is 15.0 Å². The van der Waals surface area contributed by atoms with Crippen LogP contribution in [-0.2, 0) is 0 Å². The summed E-state index contributed by atoms with van der Waals surface area (Å²) in [7, 11) is 1.66. The van der Waals surface area contributed by atoms with Gasteiger partial charge in [0.15, 0.2) is 0 Å². The number of aromatic nitrogens is 2. The molecular weight excluding hydrogens is 288 g/mol. The molecule has 1 atom stereocenters. The van der Waals surface area contributed by atoms with Crippen molar-refractivity contribution in [2.75, 3.05) is 30.4 Å². The van der Waals surface area contributed by atoms with Gasteiger partial charge in [0.2, 0.25) is 5.95 Å². The summed E-state index contributed by atoms with van der Waals surface area (Å²) in [6, 6.07) is 9.84. The monoisotopic (exact) mass is 312 g/mol. The summed E-state index contributed by atoms with van der Waals surface area (Å²) in [6.45, 7) is 6.45. The number of anilines is 3. The van der Waals surface area contributed by atoms with Gasteiger partial charge in [0.05, 0.1) is 7.11 Å². The Morgan fingerprint density at radius 2 is 2.00 bits per heavy atom. The quantitative estimate of drug-likeness (QED) is 0.931. The predicted molar refractivity (Wildman–Crippen MR) is 93.7 cm³/mol. The third-order valence-electron chi connectivity index (χ3n) is 4.17. The lowest BCUT2D eigenvalue weighted by atomic mass is 10.0. The Morgan fingerprint density at radius 1 is 1.22 bits per heavy atom. The minimum atomic E-state index is 0.642. The maximum Gasteiger partial charge on any atom is 0.229 e. The largest absolute Gasteiger partial charge is 0.497 e. The SMILES string of the molecule is COc1ccc(Nc2nc(C)cc(N3CCCC(C)C3)n2)cc1. The number of benzene rings is 1. The van der Waals surface area contributed by atoms with Gasteiger partial charge in [-0.05, 0) is 49.9 Å². The van der Waals surface area contributed by atoms with Crippen LogP contribution in [0.5, 0.6) is 5.75 Å². The van der Waals surface area contributed by atoms with Crippen LogP contribution in [0.15, 0.2) is 30.3 Å². The van der Waals surface area contributed by atoms with Crippen LogP contribution in [0, 0.1) is 12.8 Å². The number of rotatable bonds is 4. The molecule has 0 radical (unpaired) electrons. The second kappa shape index (κ2) is 6.86.